The van der Waals surface area contributed by atoms with E-state index in [1.54, 1.807) is 10.8 Å². The van der Waals surface area contributed by atoms with Gasteiger partial charge in [-0.1, -0.05) is 11.6 Å². The molecule has 1 fully saturated rings. The number of rotatable bonds is 6. The topological polar surface area (TPSA) is 76.5 Å². The molecule has 2 aromatic rings. The lowest BCUT2D eigenvalue weighted by Crippen LogP contribution is -2.38. The molecule has 34 heavy (non-hydrogen) atoms. The lowest BCUT2D eigenvalue weighted by atomic mass is 9.88. The van der Waals surface area contributed by atoms with E-state index in [1.807, 2.05) is 52.4 Å². The first kappa shape index (κ1) is 24.0. The van der Waals surface area contributed by atoms with E-state index in [0.717, 1.165) is 59.6 Å². The molecule has 1 amide bonds. The van der Waals surface area contributed by atoms with Crippen LogP contribution in [0.1, 0.15) is 42.6 Å². The minimum absolute atomic E-state index is 0.0403. The van der Waals surface area contributed by atoms with Crippen LogP contribution in [0.5, 0.6) is 0 Å². The normalized spacial score (nSPS) is 19.0. The van der Waals surface area contributed by atoms with Crippen molar-refractivity contribution in [3.63, 3.8) is 0 Å². The Morgan fingerprint density at radius 2 is 1.91 bits per heavy atom. The van der Waals surface area contributed by atoms with Gasteiger partial charge in [-0.25, -0.2) is 0 Å². The molecule has 1 N–H and O–H groups in total. The Morgan fingerprint density at radius 1 is 1.18 bits per heavy atom. The van der Waals surface area contributed by atoms with Crippen LogP contribution in [0.2, 0.25) is 0 Å². The van der Waals surface area contributed by atoms with Crippen LogP contribution in [0.4, 0.5) is 5.69 Å². The van der Waals surface area contributed by atoms with Gasteiger partial charge < -0.3 is 15.0 Å². The number of ether oxygens (including phenoxy) is 1. The fraction of sp³-hybridized carbons (Fsp3) is 0.444. The zero-order chi connectivity index (χ0) is 24.4. The monoisotopic (exact) mass is 462 g/mol. The summed E-state index contributed by atoms with van der Waals surface area (Å²) in [5.74, 6) is -0.450. The number of hydrogen-bond donors (Lipinski definition) is 1. The van der Waals surface area contributed by atoms with Crippen LogP contribution in [0.3, 0.4) is 0 Å². The molecule has 7 heteroatoms. The molecule has 1 unspecified atom stereocenters. The van der Waals surface area contributed by atoms with Gasteiger partial charge in [0, 0.05) is 62.9 Å². The number of benzene rings is 1. The van der Waals surface area contributed by atoms with Crippen LogP contribution in [0, 0.1) is 12.8 Å². The first-order chi connectivity index (χ1) is 16.2. The molecule has 2 aliphatic rings. The average molecular weight is 463 g/mol. The van der Waals surface area contributed by atoms with Crippen molar-refractivity contribution >= 4 is 17.4 Å². The minimum Gasteiger partial charge on any atom is -0.381 e. The first-order valence-electron chi connectivity index (χ1n) is 11.9. The number of aryl methyl sites for hydroxylation is 1. The molecule has 1 aliphatic heterocycles. The maximum Gasteiger partial charge on any atom is 0.251 e. The van der Waals surface area contributed by atoms with Gasteiger partial charge >= 0.3 is 0 Å². The number of hydrogen-bond acceptors (Lipinski definition) is 5. The number of anilines is 1. The minimum atomic E-state index is -0.321. The number of aromatic nitrogens is 2. The van der Waals surface area contributed by atoms with Gasteiger partial charge in [-0.2, -0.15) is 5.10 Å². The Bertz CT molecular complexity index is 1150. The Labute approximate surface area is 201 Å². The summed E-state index contributed by atoms with van der Waals surface area (Å²) in [6, 6.07) is 4.43. The molecule has 1 aromatic carbocycles. The Hall–Kier alpha value is -3.19. The summed E-state index contributed by atoms with van der Waals surface area (Å²) in [5.41, 5.74) is 6.41. The van der Waals surface area contributed by atoms with Crippen LogP contribution in [-0.4, -0.2) is 54.3 Å². The van der Waals surface area contributed by atoms with E-state index in [9.17, 15) is 9.59 Å². The number of ketones is 1. The van der Waals surface area contributed by atoms with Crippen LogP contribution >= 0.6 is 0 Å². The van der Waals surface area contributed by atoms with Gasteiger partial charge in [0.15, 0.2) is 5.78 Å². The molecule has 1 atom stereocenters. The summed E-state index contributed by atoms with van der Waals surface area (Å²) in [7, 11) is 3.98. The summed E-state index contributed by atoms with van der Waals surface area (Å²) in [6.07, 6.45) is 9.34. The molecule has 180 valence electrons. The van der Waals surface area contributed by atoms with E-state index in [2.05, 4.69) is 28.4 Å². The van der Waals surface area contributed by atoms with E-state index in [-0.39, 0.29) is 24.2 Å². The van der Waals surface area contributed by atoms with Gasteiger partial charge in [0.05, 0.1) is 12.1 Å². The maximum atomic E-state index is 13.4. The molecule has 0 radical (unpaired) electrons. The molecule has 0 bridgehead atoms. The van der Waals surface area contributed by atoms with Gasteiger partial charge in [0.2, 0.25) is 0 Å². The smallest absolute Gasteiger partial charge is 0.251 e. The number of nitrogens with one attached hydrogen (secondary N) is 1. The van der Waals surface area contributed by atoms with Crippen LogP contribution in [0.25, 0.3) is 11.1 Å². The Balaban J connectivity index is 1.64. The summed E-state index contributed by atoms with van der Waals surface area (Å²) in [4.78, 5) is 28.2. The summed E-state index contributed by atoms with van der Waals surface area (Å²) in [6.45, 7) is 7.64. The highest BCUT2D eigenvalue weighted by atomic mass is 16.5. The highest BCUT2D eigenvalue weighted by Crippen LogP contribution is 2.33. The van der Waals surface area contributed by atoms with Crippen molar-refractivity contribution in [3.05, 3.63) is 59.0 Å². The SMILES string of the molecule is CC1=CC(=O)C(CNC(=O)c2cc(-c3cnn(C)c3)cc(N(C)C3CCOCC3)c2C)C(C)=C1. The van der Waals surface area contributed by atoms with Crippen molar-refractivity contribution in [3.8, 4) is 11.1 Å². The lowest BCUT2D eigenvalue weighted by Gasteiger charge is -2.34. The molecule has 1 aromatic heterocycles. The first-order valence-corrected chi connectivity index (χ1v) is 11.9. The number of carbonyl (C=O) groups is 2. The van der Waals surface area contributed by atoms with Crippen molar-refractivity contribution in [2.45, 2.75) is 39.7 Å². The molecule has 4 rings (SSSR count). The number of allylic oxidation sites excluding steroid dienone is 3. The molecule has 7 nitrogen and oxygen atoms in total. The maximum absolute atomic E-state index is 13.4. The standard InChI is InChI=1S/C27H34N4O3/c1-17-10-18(2)24(26(32)11-17)15-28-27(33)23-12-20(21-14-29-30(4)16-21)13-25(19(23)3)31(5)22-6-8-34-9-7-22/h10-14,16,22,24H,6-9,15H2,1-5H3,(H,28,33). The highest BCUT2D eigenvalue weighted by molar-refractivity contribution is 6.00. The van der Waals surface area contributed by atoms with Gasteiger partial charge in [-0.05, 0) is 68.5 Å². The second-order valence-corrected chi connectivity index (χ2v) is 9.47. The zero-order valence-corrected chi connectivity index (χ0v) is 20.7. The molecule has 0 saturated carbocycles. The molecule has 0 spiro atoms. The third-order valence-corrected chi connectivity index (χ3v) is 6.97. The van der Waals surface area contributed by atoms with Gasteiger partial charge in [-0.15, -0.1) is 0 Å². The van der Waals surface area contributed by atoms with E-state index < -0.39 is 0 Å². The molecule has 1 aliphatic carbocycles. The van der Waals surface area contributed by atoms with Crippen LogP contribution in [-0.2, 0) is 16.6 Å². The van der Waals surface area contributed by atoms with Crippen LogP contribution in [0.15, 0.2) is 47.8 Å². The number of nitrogens with zero attached hydrogens (tertiary/aromatic N) is 3. The average Bonchev–Trinajstić information content (AvgIpc) is 3.24. The van der Waals surface area contributed by atoms with Crippen molar-refractivity contribution in [2.24, 2.45) is 13.0 Å². The van der Waals surface area contributed by atoms with Crippen molar-refractivity contribution < 1.29 is 14.3 Å². The second-order valence-electron chi connectivity index (χ2n) is 9.47. The van der Waals surface area contributed by atoms with E-state index in [1.165, 1.54) is 0 Å². The van der Waals surface area contributed by atoms with Gasteiger partial charge in [0.1, 0.15) is 0 Å². The third-order valence-electron chi connectivity index (χ3n) is 6.97. The molecule has 2 heterocycles. The Morgan fingerprint density at radius 3 is 2.56 bits per heavy atom. The van der Waals surface area contributed by atoms with E-state index >= 15 is 0 Å². The summed E-state index contributed by atoms with van der Waals surface area (Å²) >= 11 is 0. The van der Waals surface area contributed by atoms with Crippen molar-refractivity contribution in [2.75, 3.05) is 31.7 Å². The van der Waals surface area contributed by atoms with E-state index in [4.69, 9.17) is 4.74 Å². The van der Waals surface area contributed by atoms with Crippen LogP contribution < -0.4 is 10.2 Å². The predicted molar refractivity (Wildman–Crippen MR) is 134 cm³/mol. The predicted octanol–water partition coefficient (Wildman–Crippen LogP) is 3.83. The second kappa shape index (κ2) is 9.97. The van der Waals surface area contributed by atoms with Crippen molar-refractivity contribution in [1.29, 1.82) is 0 Å². The summed E-state index contributed by atoms with van der Waals surface area (Å²) < 4.78 is 7.31. The molecule has 1 saturated heterocycles. The fourth-order valence-electron chi connectivity index (χ4n) is 4.91. The quantitative estimate of drug-likeness (QED) is 0.706. The lowest BCUT2D eigenvalue weighted by molar-refractivity contribution is -0.117. The molecular formula is C27H34N4O3. The largest absolute Gasteiger partial charge is 0.381 e. The number of amides is 1. The Kier molecular flexibility index (Phi) is 7.03. The highest BCUT2D eigenvalue weighted by Gasteiger charge is 2.26. The zero-order valence-electron chi connectivity index (χ0n) is 20.7. The third kappa shape index (κ3) is 4.99. The van der Waals surface area contributed by atoms with Gasteiger partial charge in [0.25, 0.3) is 5.91 Å². The number of carbonyl (C=O) groups excluding carboxylic acids is 2. The molecular weight excluding hydrogens is 428 g/mol. The van der Waals surface area contributed by atoms with Crippen molar-refractivity contribution in [1.82, 2.24) is 15.1 Å². The van der Waals surface area contributed by atoms with Gasteiger partial charge in [-0.3, -0.25) is 14.3 Å². The summed E-state index contributed by atoms with van der Waals surface area (Å²) in [5, 5.41) is 7.34. The van der Waals surface area contributed by atoms with E-state index in [0.29, 0.717) is 11.6 Å². The fourth-order valence-corrected chi connectivity index (χ4v) is 4.91.